The molecule has 0 aliphatic heterocycles. The van der Waals surface area contributed by atoms with E-state index in [0.717, 1.165) is 0 Å². The van der Waals surface area contributed by atoms with Gasteiger partial charge < -0.3 is 8.85 Å². The van der Waals surface area contributed by atoms with Gasteiger partial charge in [0.05, 0.1) is 0 Å². The molecule has 0 heterocycles. The molecule has 0 saturated heterocycles. The number of hydrogen-bond donors (Lipinski definition) is 0. The van der Waals surface area contributed by atoms with Crippen molar-refractivity contribution in [3.63, 3.8) is 0 Å². The first kappa shape index (κ1) is 25.6. The quantitative estimate of drug-likeness (QED) is 0.402. The summed E-state index contributed by atoms with van der Waals surface area (Å²) in [6.45, 7) is 27.4. The lowest BCUT2D eigenvalue weighted by Crippen LogP contribution is -2.59. The van der Waals surface area contributed by atoms with E-state index in [1.807, 2.05) is 0 Å². The highest BCUT2D eigenvalue weighted by Crippen LogP contribution is 2.36. The van der Waals surface area contributed by atoms with Crippen molar-refractivity contribution in [1.29, 1.82) is 0 Å². The fraction of sp³-hybridized carbons (Fsp3) is 0.750. The zero-order valence-corrected chi connectivity index (χ0v) is 22.6. The monoisotopic (exact) mass is 422 g/mol. The Bertz CT molecular complexity index is 520. The predicted octanol–water partition coefficient (Wildman–Crippen LogP) is 6.48. The topological polar surface area (TPSA) is 18.5 Å². The van der Waals surface area contributed by atoms with Gasteiger partial charge in [0.15, 0.2) is 0 Å². The molecule has 0 fully saturated rings. The normalized spacial score (nSPS) is 13.8. The highest BCUT2D eigenvalue weighted by molar-refractivity contribution is 6.90. The van der Waals surface area contributed by atoms with Crippen molar-refractivity contribution in [2.75, 3.05) is 0 Å². The Hall–Kier alpha value is -0.426. The van der Waals surface area contributed by atoms with E-state index >= 15 is 0 Å². The van der Waals surface area contributed by atoms with Gasteiger partial charge in [0.25, 0.3) is 0 Å². The van der Waals surface area contributed by atoms with Crippen LogP contribution in [0.5, 0.6) is 0 Å². The molecule has 162 valence electrons. The molecule has 4 heteroatoms. The van der Waals surface area contributed by atoms with Crippen LogP contribution >= 0.6 is 0 Å². The molecule has 0 spiro atoms. The Morgan fingerprint density at radius 1 is 0.464 bits per heavy atom. The molecule has 2 nitrogen and oxygen atoms in total. The first-order chi connectivity index (χ1) is 12.8. The minimum Gasteiger partial charge on any atom is -0.410 e. The van der Waals surface area contributed by atoms with Gasteiger partial charge in [0.2, 0.25) is 16.6 Å². The van der Waals surface area contributed by atoms with Crippen molar-refractivity contribution >= 4 is 27.0 Å². The molecule has 0 bridgehead atoms. The van der Waals surface area contributed by atoms with E-state index < -0.39 is 16.6 Å². The fourth-order valence-corrected chi connectivity index (χ4v) is 14.7. The van der Waals surface area contributed by atoms with Crippen LogP contribution in [0.15, 0.2) is 24.3 Å². The standard InChI is InChI=1S/C24H46O2Si2/c1-17(2)25-27(19(5)6,20(7)8)23-13-15-24(16-14-23)28(21(9)10,22(11)12)26-18(3)4/h13-22H,1-12H3. The summed E-state index contributed by atoms with van der Waals surface area (Å²) in [5.41, 5.74) is 2.13. The van der Waals surface area contributed by atoms with E-state index in [2.05, 4.69) is 107 Å². The fourth-order valence-electron chi connectivity index (χ4n) is 5.12. The van der Waals surface area contributed by atoms with E-state index in [4.69, 9.17) is 8.85 Å². The minimum atomic E-state index is -2.08. The predicted molar refractivity (Wildman–Crippen MR) is 130 cm³/mol. The Balaban J connectivity index is 3.54. The number of hydrogen-bond acceptors (Lipinski definition) is 2. The maximum Gasteiger partial charge on any atom is 0.229 e. The van der Waals surface area contributed by atoms with Crippen LogP contribution in [-0.2, 0) is 8.85 Å². The molecule has 28 heavy (non-hydrogen) atoms. The van der Waals surface area contributed by atoms with E-state index in [1.165, 1.54) is 10.4 Å². The van der Waals surface area contributed by atoms with Crippen molar-refractivity contribution in [2.45, 2.75) is 117 Å². The zero-order chi connectivity index (χ0) is 21.9. The van der Waals surface area contributed by atoms with E-state index in [9.17, 15) is 0 Å². The Morgan fingerprint density at radius 2 is 0.679 bits per heavy atom. The van der Waals surface area contributed by atoms with Gasteiger partial charge in [-0.1, -0.05) is 79.7 Å². The molecule has 0 aromatic heterocycles. The van der Waals surface area contributed by atoms with Gasteiger partial charge >= 0.3 is 0 Å². The van der Waals surface area contributed by atoms with Crippen molar-refractivity contribution in [2.24, 2.45) is 0 Å². The zero-order valence-electron chi connectivity index (χ0n) is 20.6. The Labute approximate surface area is 177 Å². The summed E-state index contributed by atoms with van der Waals surface area (Å²) in [5.74, 6) is 0. The maximum atomic E-state index is 6.75. The molecule has 0 radical (unpaired) electrons. The summed E-state index contributed by atoms with van der Waals surface area (Å²) in [6.07, 6.45) is 0.500. The lowest BCUT2D eigenvalue weighted by Gasteiger charge is -2.42. The first-order valence-corrected chi connectivity index (χ1v) is 15.4. The molecular weight excluding hydrogens is 376 g/mol. The molecule has 0 amide bonds. The summed E-state index contributed by atoms with van der Waals surface area (Å²) in [7, 11) is -4.17. The second-order valence-corrected chi connectivity index (χ2v) is 19.5. The molecule has 0 aliphatic carbocycles. The van der Waals surface area contributed by atoms with Gasteiger partial charge in [-0.2, -0.15) is 0 Å². The van der Waals surface area contributed by atoms with Crippen molar-refractivity contribution in [3.05, 3.63) is 24.3 Å². The van der Waals surface area contributed by atoms with Gasteiger partial charge in [-0.05, 0) is 60.2 Å². The van der Waals surface area contributed by atoms with Crippen molar-refractivity contribution in [1.82, 2.24) is 0 Å². The molecule has 0 aliphatic rings. The van der Waals surface area contributed by atoms with Gasteiger partial charge in [0.1, 0.15) is 0 Å². The van der Waals surface area contributed by atoms with Crippen LogP contribution in [0.4, 0.5) is 0 Å². The van der Waals surface area contributed by atoms with Gasteiger partial charge in [-0.15, -0.1) is 0 Å². The molecular formula is C24H46O2Si2. The summed E-state index contributed by atoms with van der Waals surface area (Å²) >= 11 is 0. The average Bonchev–Trinajstić information content (AvgIpc) is 2.56. The van der Waals surface area contributed by atoms with Gasteiger partial charge in [0, 0.05) is 12.2 Å². The third-order valence-corrected chi connectivity index (χ3v) is 17.1. The third kappa shape index (κ3) is 5.00. The van der Waals surface area contributed by atoms with E-state index in [-0.39, 0.29) is 12.2 Å². The van der Waals surface area contributed by atoms with Crippen LogP contribution in [-0.4, -0.2) is 28.8 Å². The summed E-state index contributed by atoms with van der Waals surface area (Å²) in [6, 6.07) is 9.50. The van der Waals surface area contributed by atoms with Crippen LogP contribution in [0.1, 0.15) is 83.1 Å². The van der Waals surface area contributed by atoms with E-state index in [0.29, 0.717) is 22.2 Å². The highest BCUT2D eigenvalue weighted by atomic mass is 28.4. The van der Waals surface area contributed by atoms with Crippen molar-refractivity contribution < 1.29 is 8.85 Å². The molecule has 0 unspecified atom stereocenters. The van der Waals surface area contributed by atoms with Gasteiger partial charge in [-0.25, -0.2) is 0 Å². The molecule has 1 rings (SSSR count). The summed E-state index contributed by atoms with van der Waals surface area (Å²) in [4.78, 5) is 0. The Kier molecular flexibility index (Phi) is 9.20. The minimum absolute atomic E-state index is 0.250. The lowest BCUT2D eigenvalue weighted by atomic mass is 10.4. The van der Waals surface area contributed by atoms with Crippen LogP contribution in [0, 0.1) is 0 Å². The average molecular weight is 423 g/mol. The van der Waals surface area contributed by atoms with Crippen LogP contribution in [0.3, 0.4) is 0 Å². The van der Waals surface area contributed by atoms with Crippen LogP contribution in [0.2, 0.25) is 22.2 Å². The first-order valence-electron chi connectivity index (χ1n) is 11.3. The van der Waals surface area contributed by atoms with Crippen LogP contribution < -0.4 is 10.4 Å². The summed E-state index contributed by atoms with van der Waals surface area (Å²) < 4.78 is 13.5. The third-order valence-electron chi connectivity index (χ3n) is 6.08. The maximum absolute atomic E-state index is 6.75. The molecule has 0 atom stereocenters. The molecule has 0 saturated carbocycles. The van der Waals surface area contributed by atoms with Gasteiger partial charge in [-0.3, -0.25) is 0 Å². The summed E-state index contributed by atoms with van der Waals surface area (Å²) in [5, 5.41) is 2.85. The molecule has 0 N–H and O–H groups in total. The lowest BCUT2D eigenvalue weighted by molar-refractivity contribution is 0.222. The Morgan fingerprint density at radius 3 is 0.821 bits per heavy atom. The van der Waals surface area contributed by atoms with Crippen LogP contribution in [0.25, 0.3) is 0 Å². The molecule has 1 aromatic carbocycles. The number of benzene rings is 1. The second kappa shape index (κ2) is 10.1. The smallest absolute Gasteiger partial charge is 0.229 e. The SMILES string of the molecule is CC(C)O[Si](c1ccc([Si](OC(C)C)(C(C)C)C(C)C)cc1)(C(C)C)C(C)C. The highest BCUT2D eigenvalue weighted by Gasteiger charge is 2.47. The molecule has 1 aromatic rings. The van der Waals surface area contributed by atoms with Crippen molar-refractivity contribution in [3.8, 4) is 0 Å². The van der Waals surface area contributed by atoms with E-state index in [1.54, 1.807) is 0 Å². The largest absolute Gasteiger partial charge is 0.410 e. The number of rotatable bonds is 10. The second-order valence-electron chi connectivity index (χ2n) is 10.1.